The smallest absolute Gasteiger partial charge is 0.228 e. The van der Waals surface area contributed by atoms with Gasteiger partial charge in [0.1, 0.15) is 5.15 Å². The molecule has 22 heavy (non-hydrogen) atoms. The summed E-state index contributed by atoms with van der Waals surface area (Å²) in [5.74, 6) is 0.517. The number of hydrogen-bond acceptors (Lipinski definition) is 5. The number of nitrogens with zero attached hydrogens (tertiary/aromatic N) is 4. The molecule has 0 spiro atoms. The summed E-state index contributed by atoms with van der Waals surface area (Å²) in [4.78, 5) is 13.2. The number of likely N-dealkylation sites (N-methyl/N-ethyl adjacent to an activating group) is 1. The van der Waals surface area contributed by atoms with E-state index in [1.165, 1.54) is 5.69 Å². The molecule has 2 heterocycles. The van der Waals surface area contributed by atoms with Crippen molar-refractivity contribution in [3.8, 4) is 0 Å². The van der Waals surface area contributed by atoms with Gasteiger partial charge in [0, 0.05) is 49.3 Å². The van der Waals surface area contributed by atoms with Crippen LogP contribution in [0.1, 0.15) is 5.56 Å². The molecule has 5 nitrogen and oxygen atoms in total. The Kier molecular flexibility index (Phi) is 4.45. The van der Waals surface area contributed by atoms with Gasteiger partial charge in [-0.2, -0.15) is 0 Å². The Morgan fingerprint density at radius 1 is 1.09 bits per heavy atom. The summed E-state index contributed by atoms with van der Waals surface area (Å²) in [6, 6.07) is 8.35. The Bertz CT molecular complexity index is 635. The lowest BCUT2D eigenvalue weighted by molar-refractivity contribution is 0.313. The summed E-state index contributed by atoms with van der Waals surface area (Å²) in [5, 5.41) is 3.65. The van der Waals surface area contributed by atoms with Crippen LogP contribution < -0.4 is 10.2 Å². The highest BCUT2D eigenvalue weighted by atomic mass is 35.5. The normalized spacial score (nSPS) is 15.9. The Morgan fingerprint density at radius 2 is 1.77 bits per heavy atom. The number of piperazine rings is 1. The van der Waals surface area contributed by atoms with Gasteiger partial charge in [-0.25, -0.2) is 9.97 Å². The molecule has 0 atom stereocenters. The highest BCUT2D eigenvalue weighted by molar-refractivity contribution is 6.30. The second-order valence-corrected chi connectivity index (χ2v) is 5.99. The van der Waals surface area contributed by atoms with E-state index in [-0.39, 0.29) is 0 Å². The zero-order valence-electron chi connectivity index (χ0n) is 12.9. The van der Waals surface area contributed by atoms with Gasteiger partial charge in [-0.1, -0.05) is 11.6 Å². The molecule has 1 saturated heterocycles. The number of aromatic nitrogens is 2. The molecular formula is C16H20ClN5. The molecule has 0 bridgehead atoms. The first kappa shape index (κ1) is 15.1. The first-order chi connectivity index (χ1) is 10.6. The topological polar surface area (TPSA) is 44.3 Å². The third-order valence-electron chi connectivity index (χ3n) is 3.90. The summed E-state index contributed by atoms with van der Waals surface area (Å²) in [7, 11) is 2.16. The van der Waals surface area contributed by atoms with Gasteiger partial charge in [-0.3, -0.25) is 0 Å². The summed E-state index contributed by atoms with van der Waals surface area (Å²) < 4.78 is 0. The fraction of sp³-hybridized carbons (Fsp3) is 0.375. The standard InChI is InChI=1S/C16H20ClN5/c1-12-11-18-16(20-15(12)17)19-13-3-5-14(6-4-13)22-9-7-21(2)8-10-22/h3-6,11H,7-10H2,1-2H3,(H,18,19,20). The van der Waals surface area contributed by atoms with Gasteiger partial charge >= 0.3 is 0 Å². The molecule has 0 unspecified atom stereocenters. The molecule has 1 aliphatic heterocycles. The maximum atomic E-state index is 6.02. The minimum absolute atomic E-state index is 0.478. The van der Waals surface area contributed by atoms with E-state index in [1.807, 2.05) is 19.1 Å². The van der Waals surface area contributed by atoms with Gasteiger partial charge in [0.15, 0.2) is 0 Å². The second-order valence-electron chi connectivity index (χ2n) is 5.63. The van der Waals surface area contributed by atoms with Crippen LogP contribution in [0, 0.1) is 6.92 Å². The summed E-state index contributed by atoms with van der Waals surface area (Å²) in [6.07, 6.45) is 1.72. The van der Waals surface area contributed by atoms with Gasteiger partial charge in [0.2, 0.25) is 5.95 Å². The van der Waals surface area contributed by atoms with E-state index in [2.05, 4.69) is 44.3 Å². The van der Waals surface area contributed by atoms with Crippen LogP contribution in [-0.2, 0) is 0 Å². The molecule has 2 aromatic rings. The van der Waals surface area contributed by atoms with Gasteiger partial charge in [-0.15, -0.1) is 0 Å². The van der Waals surface area contributed by atoms with E-state index in [9.17, 15) is 0 Å². The van der Waals surface area contributed by atoms with E-state index < -0.39 is 0 Å². The van der Waals surface area contributed by atoms with Crippen molar-refractivity contribution in [3.63, 3.8) is 0 Å². The molecule has 3 rings (SSSR count). The molecule has 1 aromatic carbocycles. The average molecular weight is 318 g/mol. The SMILES string of the molecule is Cc1cnc(Nc2ccc(N3CCN(C)CC3)cc2)nc1Cl. The molecule has 0 amide bonds. The number of rotatable bonds is 3. The highest BCUT2D eigenvalue weighted by Crippen LogP contribution is 2.21. The lowest BCUT2D eigenvalue weighted by atomic mass is 10.2. The van der Waals surface area contributed by atoms with Crippen molar-refractivity contribution in [2.24, 2.45) is 0 Å². The minimum Gasteiger partial charge on any atom is -0.369 e. The molecule has 0 saturated carbocycles. The number of nitrogens with one attached hydrogen (secondary N) is 1. The molecule has 1 aromatic heterocycles. The van der Waals surface area contributed by atoms with E-state index in [1.54, 1.807) is 6.20 Å². The number of aryl methyl sites for hydroxylation is 1. The van der Waals surface area contributed by atoms with Crippen molar-refractivity contribution in [2.75, 3.05) is 43.4 Å². The van der Waals surface area contributed by atoms with E-state index in [0.29, 0.717) is 11.1 Å². The van der Waals surface area contributed by atoms with Crippen molar-refractivity contribution >= 4 is 28.9 Å². The van der Waals surface area contributed by atoms with Crippen molar-refractivity contribution in [3.05, 3.63) is 41.2 Å². The van der Waals surface area contributed by atoms with Crippen LogP contribution in [0.5, 0.6) is 0 Å². The Labute approximate surface area is 135 Å². The predicted octanol–water partition coefficient (Wildman–Crippen LogP) is 2.93. The first-order valence-corrected chi connectivity index (χ1v) is 7.79. The highest BCUT2D eigenvalue weighted by Gasteiger charge is 2.14. The summed E-state index contributed by atoms with van der Waals surface area (Å²) >= 11 is 6.02. The van der Waals surface area contributed by atoms with Crippen LogP contribution in [0.25, 0.3) is 0 Å². The quantitative estimate of drug-likeness (QED) is 0.882. The Balaban J connectivity index is 1.67. The largest absolute Gasteiger partial charge is 0.369 e. The maximum Gasteiger partial charge on any atom is 0.228 e. The van der Waals surface area contributed by atoms with Crippen molar-refractivity contribution in [1.82, 2.24) is 14.9 Å². The fourth-order valence-corrected chi connectivity index (χ4v) is 2.56. The molecule has 1 fully saturated rings. The second kappa shape index (κ2) is 6.50. The third kappa shape index (κ3) is 3.48. The molecule has 0 aliphatic carbocycles. The lowest BCUT2D eigenvalue weighted by Crippen LogP contribution is -2.44. The van der Waals surface area contributed by atoms with Gasteiger partial charge in [0.05, 0.1) is 0 Å². The Hall–Kier alpha value is -1.85. The third-order valence-corrected chi connectivity index (χ3v) is 4.28. The fourth-order valence-electron chi connectivity index (χ4n) is 2.43. The monoisotopic (exact) mass is 317 g/mol. The molecule has 0 radical (unpaired) electrons. The number of halogens is 1. The first-order valence-electron chi connectivity index (χ1n) is 7.41. The van der Waals surface area contributed by atoms with E-state index in [4.69, 9.17) is 11.6 Å². The van der Waals surface area contributed by atoms with Crippen LogP contribution in [0.15, 0.2) is 30.5 Å². The lowest BCUT2D eigenvalue weighted by Gasteiger charge is -2.34. The van der Waals surface area contributed by atoms with Crippen LogP contribution in [0.4, 0.5) is 17.3 Å². The van der Waals surface area contributed by atoms with Crippen LogP contribution >= 0.6 is 11.6 Å². The van der Waals surface area contributed by atoms with Crippen LogP contribution in [0.3, 0.4) is 0 Å². The molecular weight excluding hydrogens is 298 g/mol. The molecule has 1 aliphatic rings. The minimum atomic E-state index is 0.478. The van der Waals surface area contributed by atoms with Crippen LogP contribution in [0.2, 0.25) is 5.15 Å². The van der Waals surface area contributed by atoms with E-state index in [0.717, 1.165) is 37.4 Å². The van der Waals surface area contributed by atoms with Crippen LogP contribution in [-0.4, -0.2) is 48.1 Å². The molecule has 1 N–H and O–H groups in total. The van der Waals surface area contributed by atoms with Crippen molar-refractivity contribution in [1.29, 1.82) is 0 Å². The zero-order chi connectivity index (χ0) is 15.5. The molecule has 116 valence electrons. The Morgan fingerprint density at radius 3 is 2.41 bits per heavy atom. The number of benzene rings is 1. The number of anilines is 3. The number of hydrogen-bond donors (Lipinski definition) is 1. The molecule has 6 heteroatoms. The van der Waals surface area contributed by atoms with Gasteiger partial charge in [0.25, 0.3) is 0 Å². The predicted molar refractivity (Wildman–Crippen MR) is 91.2 cm³/mol. The zero-order valence-corrected chi connectivity index (χ0v) is 13.6. The van der Waals surface area contributed by atoms with E-state index >= 15 is 0 Å². The summed E-state index contributed by atoms with van der Waals surface area (Å²) in [6.45, 7) is 6.24. The van der Waals surface area contributed by atoms with Crippen molar-refractivity contribution < 1.29 is 0 Å². The average Bonchev–Trinajstić information content (AvgIpc) is 2.53. The van der Waals surface area contributed by atoms with Crippen molar-refractivity contribution in [2.45, 2.75) is 6.92 Å². The summed E-state index contributed by atoms with van der Waals surface area (Å²) in [5.41, 5.74) is 3.08. The maximum absolute atomic E-state index is 6.02. The van der Waals surface area contributed by atoms with Gasteiger partial charge < -0.3 is 15.1 Å². The van der Waals surface area contributed by atoms with Gasteiger partial charge in [-0.05, 0) is 38.2 Å².